The van der Waals surface area contributed by atoms with E-state index in [4.69, 9.17) is 5.73 Å². The SMILES string of the molecule is CN(C1CCCCC1)S(=O)(=O)c1cccc(NC(=O)C2CCCC(N)C2)c1.Cl. The van der Waals surface area contributed by atoms with Crippen LogP contribution < -0.4 is 11.1 Å². The van der Waals surface area contributed by atoms with Gasteiger partial charge in [0.25, 0.3) is 0 Å². The number of carbonyl (C=O) groups excluding carboxylic acids is 1. The van der Waals surface area contributed by atoms with Crippen molar-refractivity contribution in [3.05, 3.63) is 24.3 Å². The average molecular weight is 430 g/mol. The van der Waals surface area contributed by atoms with Gasteiger partial charge in [-0.2, -0.15) is 4.31 Å². The molecule has 3 rings (SSSR count). The molecule has 0 aromatic heterocycles. The molecule has 2 aliphatic carbocycles. The number of benzene rings is 1. The molecule has 2 fully saturated rings. The first-order valence-corrected chi connectivity index (χ1v) is 11.5. The summed E-state index contributed by atoms with van der Waals surface area (Å²) in [5, 5.41) is 2.89. The molecule has 1 aromatic carbocycles. The van der Waals surface area contributed by atoms with Crippen molar-refractivity contribution in [2.45, 2.75) is 74.8 Å². The number of halogens is 1. The van der Waals surface area contributed by atoms with Gasteiger partial charge in [0.15, 0.2) is 0 Å². The number of amides is 1. The second-order valence-corrected chi connectivity index (χ2v) is 9.95. The summed E-state index contributed by atoms with van der Waals surface area (Å²) in [4.78, 5) is 12.8. The van der Waals surface area contributed by atoms with E-state index in [1.54, 1.807) is 31.3 Å². The van der Waals surface area contributed by atoms with E-state index < -0.39 is 10.0 Å². The Kier molecular flexibility index (Phi) is 8.30. The minimum Gasteiger partial charge on any atom is -0.328 e. The van der Waals surface area contributed by atoms with Gasteiger partial charge in [0.05, 0.1) is 4.90 Å². The van der Waals surface area contributed by atoms with Crippen molar-refractivity contribution in [3.8, 4) is 0 Å². The van der Waals surface area contributed by atoms with Gasteiger partial charge in [-0.3, -0.25) is 4.79 Å². The average Bonchev–Trinajstić information content (AvgIpc) is 2.68. The number of sulfonamides is 1. The molecule has 0 spiro atoms. The summed E-state index contributed by atoms with van der Waals surface area (Å²) in [6, 6.07) is 6.72. The number of hydrogen-bond donors (Lipinski definition) is 2. The van der Waals surface area contributed by atoms with Crippen molar-refractivity contribution in [2.75, 3.05) is 12.4 Å². The standard InChI is InChI=1S/C20H31N3O3S.ClH/c1-23(18-10-3-2-4-11-18)27(25,26)19-12-6-9-17(14-19)22-20(24)15-7-5-8-16(21)13-15;/h6,9,12,14-16,18H,2-5,7-8,10-11,13,21H2,1H3,(H,22,24);1H. The smallest absolute Gasteiger partial charge is 0.243 e. The van der Waals surface area contributed by atoms with E-state index in [1.807, 2.05) is 0 Å². The Morgan fingerprint density at radius 3 is 2.50 bits per heavy atom. The lowest BCUT2D eigenvalue weighted by Crippen LogP contribution is -2.38. The maximum atomic E-state index is 13.0. The second kappa shape index (κ2) is 10.1. The monoisotopic (exact) mass is 429 g/mol. The summed E-state index contributed by atoms with van der Waals surface area (Å²) in [7, 11) is -1.90. The number of carbonyl (C=O) groups is 1. The highest BCUT2D eigenvalue weighted by atomic mass is 35.5. The molecule has 2 aliphatic rings. The van der Waals surface area contributed by atoms with Crippen molar-refractivity contribution < 1.29 is 13.2 Å². The molecule has 0 saturated heterocycles. The van der Waals surface area contributed by atoms with E-state index >= 15 is 0 Å². The zero-order valence-electron chi connectivity index (χ0n) is 16.5. The zero-order chi connectivity index (χ0) is 19.4. The molecule has 1 aromatic rings. The van der Waals surface area contributed by atoms with E-state index in [0.717, 1.165) is 44.9 Å². The van der Waals surface area contributed by atoms with Crippen LogP contribution in [0.25, 0.3) is 0 Å². The highest BCUT2D eigenvalue weighted by Crippen LogP contribution is 2.28. The van der Waals surface area contributed by atoms with E-state index in [9.17, 15) is 13.2 Å². The highest BCUT2D eigenvalue weighted by Gasteiger charge is 2.30. The van der Waals surface area contributed by atoms with Gasteiger partial charge in [-0.05, 0) is 50.3 Å². The number of nitrogens with zero attached hydrogens (tertiary/aromatic N) is 1. The number of hydrogen-bond acceptors (Lipinski definition) is 4. The zero-order valence-corrected chi connectivity index (χ0v) is 18.1. The summed E-state index contributed by atoms with van der Waals surface area (Å²) in [6.07, 6.45) is 8.59. The molecule has 28 heavy (non-hydrogen) atoms. The molecule has 158 valence electrons. The van der Waals surface area contributed by atoms with E-state index in [-0.39, 0.29) is 41.2 Å². The quantitative estimate of drug-likeness (QED) is 0.748. The lowest BCUT2D eigenvalue weighted by atomic mass is 9.85. The van der Waals surface area contributed by atoms with Gasteiger partial charge in [0.1, 0.15) is 0 Å². The van der Waals surface area contributed by atoms with Gasteiger partial charge in [-0.1, -0.05) is 31.7 Å². The lowest BCUT2D eigenvalue weighted by Gasteiger charge is -2.30. The maximum Gasteiger partial charge on any atom is 0.243 e. The van der Waals surface area contributed by atoms with Crippen LogP contribution in [0.1, 0.15) is 57.8 Å². The molecule has 8 heteroatoms. The van der Waals surface area contributed by atoms with Crippen molar-refractivity contribution in [3.63, 3.8) is 0 Å². The van der Waals surface area contributed by atoms with Gasteiger partial charge in [-0.25, -0.2) is 8.42 Å². The fourth-order valence-electron chi connectivity index (χ4n) is 4.25. The Bertz CT molecular complexity index is 766. The lowest BCUT2D eigenvalue weighted by molar-refractivity contribution is -0.120. The van der Waals surface area contributed by atoms with Crippen molar-refractivity contribution >= 4 is 34.0 Å². The minimum atomic E-state index is -3.57. The molecular weight excluding hydrogens is 398 g/mol. The molecule has 6 nitrogen and oxygen atoms in total. The number of nitrogens with two attached hydrogens (primary N) is 1. The topological polar surface area (TPSA) is 92.5 Å². The molecule has 1 amide bonds. The van der Waals surface area contributed by atoms with Gasteiger partial charge < -0.3 is 11.1 Å². The van der Waals surface area contributed by atoms with Crippen LogP contribution in [0.4, 0.5) is 5.69 Å². The fourth-order valence-corrected chi connectivity index (χ4v) is 5.71. The molecule has 2 atom stereocenters. The highest BCUT2D eigenvalue weighted by molar-refractivity contribution is 7.89. The molecule has 0 bridgehead atoms. The second-order valence-electron chi connectivity index (χ2n) is 7.95. The van der Waals surface area contributed by atoms with Crippen molar-refractivity contribution in [1.82, 2.24) is 4.31 Å². The summed E-state index contributed by atoms with van der Waals surface area (Å²) < 4.78 is 27.5. The third kappa shape index (κ3) is 5.47. The third-order valence-corrected chi connectivity index (χ3v) is 7.86. The van der Waals surface area contributed by atoms with Gasteiger partial charge in [0, 0.05) is 30.7 Å². The molecular formula is C20H32ClN3O3S. The van der Waals surface area contributed by atoms with Crippen LogP contribution in [-0.4, -0.2) is 37.8 Å². The van der Waals surface area contributed by atoms with Crippen LogP contribution in [0.5, 0.6) is 0 Å². The van der Waals surface area contributed by atoms with Crippen LogP contribution in [0.3, 0.4) is 0 Å². The van der Waals surface area contributed by atoms with Crippen molar-refractivity contribution in [1.29, 1.82) is 0 Å². The van der Waals surface area contributed by atoms with Crippen LogP contribution in [0.2, 0.25) is 0 Å². The Morgan fingerprint density at radius 2 is 1.82 bits per heavy atom. The Morgan fingerprint density at radius 1 is 1.11 bits per heavy atom. The Labute approximate surface area is 174 Å². The van der Waals surface area contributed by atoms with Crippen LogP contribution in [0, 0.1) is 5.92 Å². The van der Waals surface area contributed by atoms with E-state index in [1.165, 1.54) is 10.7 Å². The summed E-state index contributed by atoms with van der Waals surface area (Å²) in [5.74, 6) is -0.167. The first-order valence-electron chi connectivity index (χ1n) is 10.0. The van der Waals surface area contributed by atoms with Gasteiger partial charge >= 0.3 is 0 Å². The van der Waals surface area contributed by atoms with Crippen LogP contribution in [-0.2, 0) is 14.8 Å². The summed E-state index contributed by atoms with van der Waals surface area (Å²) >= 11 is 0. The molecule has 2 saturated carbocycles. The third-order valence-electron chi connectivity index (χ3n) is 5.95. The fraction of sp³-hybridized carbons (Fsp3) is 0.650. The van der Waals surface area contributed by atoms with Gasteiger partial charge in [0.2, 0.25) is 15.9 Å². The molecule has 0 heterocycles. The first-order chi connectivity index (χ1) is 12.9. The predicted octanol–water partition coefficient (Wildman–Crippen LogP) is 3.52. The number of nitrogens with one attached hydrogen (secondary N) is 1. The van der Waals surface area contributed by atoms with Crippen LogP contribution >= 0.6 is 12.4 Å². The van der Waals surface area contributed by atoms with Gasteiger partial charge in [-0.15, -0.1) is 12.4 Å². The normalized spacial score (nSPS) is 23.8. The molecule has 3 N–H and O–H groups in total. The molecule has 2 unspecified atom stereocenters. The predicted molar refractivity (Wildman–Crippen MR) is 114 cm³/mol. The van der Waals surface area contributed by atoms with E-state index in [2.05, 4.69) is 5.32 Å². The molecule has 0 aliphatic heterocycles. The minimum absolute atomic E-state index is 0. The van der Waals surface area contributed by atoms with Crippen LogP contribution in [0.15, 0.2) is 29.2 Å². The largest absolute Gasteiger partial charge is 0.328 e. The summed E-state index contributed by atoms with van der Waals surface area (Å²) in [5.41, 5.74) is 6.50. The first kappa shape index (κ1) is 23.1. The number of rotatable bonds is 5. The Hall–Kier alpha value is -1.15. The maximum absolute atomic E-state index is 13.0. The Balaban J connectivity index is 0.00000280. The van der Waals surface area contributed by atoms with Crippen molar-refractivity contribution in [2.24, 2.45) is 11.7 Å². The number of anilines is 1. The molecule has 0 radical (unpaired) electrons. The van der Waals surface area contributed by atoms with E-state index in [0.29, 0.717) is 12.1 Å². The summed E-state index contributed by atoms with van der Waals surface area (Å²) in [6.45, 7) is 0.